The van der Waals surface area contributed by atoms with Crippen LogP contribution in [0.15, 0.2) is 36.5 Å². The zero-order chi connectivity index (χ0) is 19.4. The molecule has 0 saturated carbocycles. The monoisotopic (exact) mass is 421 g/mol. The van der Waals surface area contributed by atoms with Gasteiger partial charge in [0.15, 0.2) is 10.8 Å². The first-order valence-electron chi connectivity index (χ1n) is 9.48. The van der Waals surface area contributed by atoms with E-state index in [0.717, 1.165) is 35.0 Å². The first-order chi connectivity index (χ1) is 13.0. The van der Waals surface area contributed by atoms with Crippen molar-refractivity contribution in [2.24, 2.45) is 0 Å². The number of carbonyl (C=O) groups excluding carboxylic acids is 1. The van der Waals surface area contributed by atoms with Crippen LogP contribution < -0.4 is 4.90 Å². The van der Waals surface area contributed by atoms with E-state index in [-0.39, 0.29) is 24.4 Å². The lowest BCUT2D eigenvalue weighted by Crippen LogP contribution is -2.39. The molecule has 2 aromatic heterocycles. The number of aromatic nitrogens is 3. The molecule has 152 valence electrons. The van der Waals surface area contributed by atoms with Gasteiger partial charge in [-0.25, -0.2) is 4.98 Å². The highest BCUT2D eigenvalue weighted by molar-refractivity contribution is 7.22. The van der Waals surface area contributed by atoms with Crippen molar-refractivity contribution in [2.75, 3.05) is 31.1 Å². The van der Waals surface area contributed by atoms with Gasteiger partial charge in [-0.15, -0.1) is 12.4 Å². The van der Waals surface area contributed by atoms with Gasteiger partial charge in [-0.05, 0) is 45.1 Å². The fourth-order valence-corrected chi connectivity index (χ4v) is 3.91. The number of hydrogen-bond donors (Lipinski definition) is 0. The van der Waals surface area contributed by atoms with Crippen LogP contribution in [0.5, 0.6) is 0 Å². The Labute approximate surface area is 176 Å². The Morgan fingerprint density at radius 3 is 2.46 bits per heavy atom. The molecule has 0 radical (unpaired) electrons. The molecule has 28 heavy (non-hydrogen) atoms. The van der Waals surface area contributed by atoms with E-state index in [1.807, 2.05) is 49.0 Å². The van der Waals surface area contributed by atoms with Gasteiger partial charge in [0.2, 0.25) is 0 Å². The lowest BCUT2D eigenvalue weighted by molar-refractivity contribution is 0.0978. The average molecular weight is 422 g/mol. The molecule has 8 heteroatoms. The van der Waals surface area contributed by atoms with E-state index in [1.54, 1.807) is 22.3 Å². The Balaban J connectivity index is 0.00000280. The quantitative estimate of drug-likeness (QED) is 0.538. The molecule has 6 nitrogen and oxygen atoms in total. The van der Waals surface area contributed by atoms with E-state index in [0.29, 0.717) is 12.2 Å². The summed E-state index contributed by atoms with van der Waals surface area (Å²) in [5, 5.41) is 5.20. The second-order valence-corrected chi connectivity index (χ2v) is 7.73. The normalized spacial score (nSPS) is 11.2. The Bertz CT molecular complexity index is 870. The van der Waals surface area contributed by atoms with Gasteiger partial charge in [-0.2, -0.15) is 5.10 Å². The summed E-state index contributed by atoms with van der Waals surface area (Å²) in [4.78, 5) is 22.0. The first-order valence-corrected chi connectivity index (χ1v) is 10.3. The zero-order valence-corrected chi connectivity index (χ0v) is 18.5. The predicted octanol–water partition coefficient (Wildman–Crippen LogP) is 4.48. The molecule has 0 bridgehead atoms. The van der Waals surface area contributed by atoms with Crippen LogP contribution in [0.25, 0.3) is 10.2 Å². The molecule has 1 amide bonds. The van der Waals surface area contributed by atoms with Crippen LogP contribution in [-0.2, 0) is 0 Å². The lowest BCUT2D eigenvalue weighted by atomic mass is 10.3. The van der Waals surface area contributed by atoms with E-state index in [4.69, 9.17) is 4.98 Å². The summed E-state index contributed by atoms with van der Waals surface area (Å²) in [7, 11) is 0. The highest BCUT2D eigenvalue weighted by Crippen LogP contribution is 2.29. The minimum Gasteiger partial charge on any atom is -0.302 e. The summed E-state index contributed by atoms with van der Waals surface area (Å²) in [5.74, 6) is -0.0967. The zero-order valence-electron chi connectivity index (χ0n) is 16.8. The van der Waals surface area contributed by atoms with Crippen molar-refractivity contribution in [2.45, 2.75) is 33.7 Å². The lowest BCUT2D eigenvalue weighted by Gasteiger charge is -2.24. The molecular formula is C20H28ClN5OS. The number of hydrogen-bond acceptors (Lipinski definition) is 5. The fourth-order valence-electron chi connectivity index (χ4n) is 2.92. The van der Waals surface area contributed by atoms with Crippen molar-refractivity contribution in [3.8, 4) is 0 Å². The van der Waals surface area contributed by atoms with E-state index in [2.05, 4.69) is 23.8 Å². The third kappa shape index (κ3) is 4.90. The molecular weight excluding hydrogens is 394 g/mol. The summed E-state index contributed by atoms with van der Waals surface area (Å²) in [6.45, 7) is 11.7. The highest BCUT2D eigenvalue weighted by Gasteiger charge is 2.24. The molecule has 0 fully saturated rings. The third-order valence-corrected chi connectivity index (χ3v) is 5.71. The molecule has 0 spiro atoms. The molecule has 1 aromatic carbocycles. The van der Waals surface area contributed by atoms with Crippen molar-refractivity contribution < 1.29 is 4.79 Å². The molecule has 2 heterocycles. The predicted molar refractivity (Wildman–Crippen MR) is 119 cm³/mol. The van der Waals surface area contributed by atoms with Gasteiger partial charge in [0.25, 0.3) is 5.91 Å². The number of carbonyl (C=O) groups is 1. The largest absolute Gasteiger partial charge is 0.302 e. The molecule has 0 saturated heterocycles. The SMILES string of the molecule is CCN(CC)CCN(C(=O)c1ccn(C(C)C)n1)c1nc2ccccc2s1.Cl. The van der Waals surface area contributed by atoms with Crippen LogP contribution in [0.2, 0.25) is 0 Å². The molecule has 0 aliphatic rings. The second kappa shape index (κ2) is 10.0. The topological polar surface area (TPSA) is 54.3 Å². The number of para-hydroxylation sites is 1. The number of fused-ring (bicyclic) bond motifs is 1. The number of halogens is 1. The number of benzene rings is 1. The molecule has 0 aliphatic carbocycles. The van der Waals surface area contributed by atoms with Crippen molar-refractivity contribution >= 4 is 45.0 Å². The van der Waals surface area contributed by atoms with Gasteiger partial charge in [-0.1, -0.05) is 37.3 Å². The Morgan fingerprint density at radius 2 is 1.86 bits per heavy atom. The average Bonchev–Trinajstić information content (AvgIpc) is 3.32. The van der Waals surface area contributed by atoms with Crippen molar-refractivity contribution in [1.29, 1.82) is 0 Å². The Kier molecular flexibility index (Phi) is 7.98. The van der Waals surface area contributed by atoms with Gasteiger partial charge >= 0.3 is 0 Å². The summed E-state index contributed by atoms with van der Waals surface area (Å²) in [6, 6.07) is 10.0. The first kappa shape index (κ1) is 22.3. The Hall–Kier alpha value is -1.96. The van der Waals surface area contributed by atoms with E-state index in [1.165, 1.54) is 0 Å². The van der Waals surface area contributed by atoms with Crippen molar-refractivity contribution in [1.82, 2.24) is 19.7 Å². The maximum Gasteiger partial charge on any atom is 0.280 e. The molecule has 0 N–H and O–H groups in total. The van der Waals surface area contributed by atoms with Gasteiger partial charge < -0.3 is 4.90 Å². The third-order valence-electron chi connectivity index (χ3n) is 4.65. The molecule has 3 aromatic rings. The van der Waals surface area contributed by atoms with E-state index >= 15 is 0 Å². The van der Waals surface area contributed by atoms with Crippen LogP contribution in [0.1, 0.15) is 44.2 Å². The van der Waals surface area contributed by atoms with Gasteiger partial charge in [0, 0.05) is 25.3 Å². The fraction of sp³-hybridized carbons (Fsp3) is 0.450. The second-order valence-electron chi connectivity index (χ2n) is 6.72. The van der Waals surface area contributed by atoms with Crippen molar-refractivity contribution in [3.63, 3.8) is 0 Å². The summed E-state index contributed by atoms with van der Waals surface area (Å²) in [6.07, 6.45) is 1.86. The maximum absolute atomic E-state index is 13.2. The smallest absolute Gasteiger partial charge is 0.280 e. The van der Waals surface area contributed by atoms with Crippen LogP contribution >= 0.6 is 23.7 Å². The van der Waals surface area contributed by atoms with E-state index in [9.17, 15) is 4.79 Å². The number of rotatable bonds is 8. The van der Waals surface area contributed by atoms with Gasteiger partial charge in [0.1, 0.15) is 0 Å². The van der Waals surface area contributed by atoms with E-state index < -0.39 is 0 Å². The summed E-state index contributed by atoms with van der Waals surface area (Å²) in [5.41, 5.74) is 1.38. The highest BCUT2D eigenvalue weighted by atomic mass is 35.5. The number of likely N-dealkylation sites (N-methyl/N-ethyl adjacent to an activating group) is 1. The molecule has 0 aliphatic heterocycles. The maximum atomic E-state index is 13.2. The number of thiazole rings is 1. The molecule has 3 rings (SSSR count). The minimum atomic E-state index is -0.0967. The van der Waals surface area contributed by atoms with Crippen LogP contribution in [0.4, 0.5) is 5.13 Å². The molecule has 0 atom stereocenters. The molecule has 0 unspecified atom stereocenters. The summed E-state index contributed by atoms with van der Waals surface area (Å²) < 4.78 is 2.90. The van der Waals surface area contributed by atoms with Crippen LogP contribution in [-0.4, -0.2) is 51.8 Å². The van der Waals surface area contributed by atoms with Crippen molar-refractivity contribution in [3.05, 3.63) is 42.2 Å². The minimum absolute atomic E-state index is 0. The Morgan fingerprint density at radius 1 is 1.14 bits per heavy atom. The number of anilines is 1. The number of amides is 1. The number of nitrogens with zero attached hydrogens (tertiary/aromatic N) is 5. The summed E-state index contributed by atoms with van der Waals surface area (Å²) >= 11 is 1.55. The standard InChI is InChI=1S/C20H27N5OS.ClH/c1-5-23(6-2)13-14-24(19(26)17-11-12-25(22-17)15(3)4)20-21-16-9-7-8-10-18(16)27-20;/h7-12,15H,5-6,13-14H2,1-4H3;1H. The van der Waals surface area contributed by atoms with Gasteiger partial charge in [0.05, 0.1) is 10.2 Å². The van der Waals surface area contributed by atoms with Gasteiger partial charge in [-0.3, -0.25) is 14.4 Å². The van der Waals surface area contributed by atoms with Crippen LogP contribution in [0.3, 0.4) is 0 Å². The van der Waals surface area contributed by atoms with Crippen LogP contribution in [0, 0.1) is 0 Å².